The Hall–Kier alpha value is -3.37. The van der Waals surface area contributed by atoms with Crippen LogP contribution >= 0.6 is 0 Å². The fourth-order valence-electron chi connectivity index (χ4n) is 3.70. The van der Waals surface area contributed by atoms with Crippen LogP contribution in [0, 0.1) is 0 Å². The smallest absolute Gasteiger partial charge is 0.407 e. The van der Waals surface area contributed by atoms with Crippen LogP contribution in [0.15, 0.2) is 64.0 Å². The molecule has 1 aliphatic heterocycles. The standard InChI is InChI=1S/C22H24N4O5S/c1-30-17-6-9-19-20(13-17)24-11-10-21(19)31-16-4-7-18(8-5-16)32(23,29)25-14-15-3-2-12-26(15)22(27)28/h4-11,13,15H,2-3,12,14H2,1H3,(H,27,28)(H2,23,25,29)/t15-,32?/m0/s1. The Morgan fingerprint density at radius 1 is 1.25 bits per heavy atom. The Kier molecular flexibility index (Phi) is 6.15. The van der Waals surface area contributed by atoms with Crippen molar-refractivity contribution in [1.82, 2.24) is 9.88 Å². The summed E-state index contributed by atoms with van der Waals surface area (Å²) in [5.41, 5.74) is 0.740. The van der Waals surface area contributed by atoms with E-state index in [-0.39, 0.29) is 12.6 Å². The van der Waals surface area contributed by atoms with Gasteiger partial charge in [-0.25, -0.2) is 18.5 Å². The van der Waals surface area contributed by atoms with E-state index in [1.165, 1.54) is 4.90 Å². The molecule has 0 aliphatic carbocycles. The number of hydrogen-bond donors (Lipinski definition) is 2. The Morgan fingerprint density at radius 2 is 2.00 bits per heavy atom. The fourth-order valence-corrected chi connectivity index (χ4v) is 4.76. The van der Waals surface area contributed by atoms with E-state index in [0.717, 1.165) is 17.3 Å². The van der Waals surface area contributed by atoms with Crippen molar-refractivity contribution < 1.29 is 23.6 Å². The molecule has 1 fully saturated rings. The molecule has 2 heterocycles. The number of hydrogen-bond acceptors (Lipinski definition) is 6. The second-order valence-corrected chi connectivity index (χ2v) is 9.28. The molecule has 1 amide bonds. The molecule has 168 valence electrons. The quantitative estimate of drug-likeness (QED) is 0.579. The highest BCUT2D eigenvalue weighted by molar-refractivity contribution is 7.91. The molecule has 1 saturated heterocycles. The zero-order chi connectivity index (χ0) is 22.7. The van der Waals surface area contributed by atoms with Crippen molar-refractivity contribution in [2.45, 2.75) is 23.8 Å². The van der Waals surface area contributed by atoms with Gasteiger partial charge in [-0.05, 0) is 55.3 Å². The van der Waals surface area contributed by atoms with Crippen molar-refractivity contribution in [2.24, 2.45) is 9.50 Å². The number of nitrogens with two attached hydrogens (primary N) is 1. The summed E-state index contributed by atoms with van der Waals surface area (Å²) >= 11 is 0. The number of benzene rings is 2. The van der Waals surface area contributed by atoms with Gasteiger partial charge in [0.05, 0.1) is 30.1 Å². The highest BCUT2D eigenvalue weighted by atomic mass is 32.2. The van der Waals surface area contributed by atoms with Crippen LogP contribution in [0.4, 0.5) is 4.79 Å². The summed E-state index contributed by atoms with van der Waals surface area (Å²) in [6.07, 6.45) is 2.11. The second kappa shape index (κ2) is 9.01. The second-order valence-electron chi connectivity index (χ2n) is 7.42. The summed E-state index contributed by atoms with van der Waals surface area (Å²) in [5, 5.41) is 16.0. The first kappa shape index (κ1) is 21.8. The number of methoxy groups -OCH3 is 1. The van der Waals surface area contributed by atoms with Crippen molar-refractivity contribution in [3.8, 4) is 17.2 Å². The van der Waals surface area contributed by atoms with Gasteiger partial charge in [-0.1, -0.05) is 0 Å². The third-order valence-electron chi connectivity index (χ3n) is 5.40. The molecule has 2 aromatic carbocycles. The molecule has 0 radical (unpaired) electrons. The first-order valence-electron chi connectivity index (χ1n) is 10.1. The summed E-state index contributed by atoms with van der Waals surface area (Å²) in [4.78, 5) is 17.3. The van der Waals surface area contributed by atoms with Crippen LogP contribution in [0.5, 0.6) is 17.2 Å². The fraction of sp³-hybridized carbons (Fsp3) is 0.273. The summed E-state index contributed by atoms with van der Waals surface area (Å²) in [5.74, 6) is 1.87. The summed E-state index contributed by atoms with van der Waals surface area (Å²) in [6, 6.07) is 13.6. The molecule has 0 spiro atoms. The molecule has 32 heavy (non-hydrogen) atoms. The number of ether oxygens (including phenoxy) is 2. The Bertz CT molecular complexity index is 1250. The molecule has 1 aliphatic rings. The minimum atomic E-state index is -3.15. The first-order chi connectivity index (χ1) is 15.4. The largest absolute Gasteiger partial charge is 0.497 e. The highest BCUT2D eigenvalue weighted by Crippen LogP contribution is 2.31. The van der Waals surface area contributed by atoms with Crippen LogP contribution in [0.3, 0.4) is 0 Å². The monoisotopic (exact) mass is 456 g/mol. The van der Waals surface area contributed by atoms with Gasteiger partial charge in [0.2, 0.25) is 0 Å². The van der Waals surface area contributed by atoms with E-state index in [4.69, 9.17) is 14.6 Å². The number of rotatable bonds is 6. The lowest BCUT2D eigenvalue weighted by atomic mass is 10.2. The summed E-state index contributed by atoms with van der Waals surface area (Å²) < 4.78 is 28.3. The van der Waals surface area contributed by atoms with Crippen molar-refractivity contribution in [3.05, 3.63) is 54.7 Å². The Balaban J connectivity index is 1.51. The SMILES string of the molecule is COc1ccc2c(Oc3ccc(S(N)(=O)=NC[C@@H]4CCCN4C(=O)O)cc3)ccnc2c1. The number of carboxylic acid groups (broad SMARTS) is 1. The van der Waals surface area contributed by atoms with E-state index in [1.807, 2.05) is 18.2 Å². The number of likely N-dealkylation sites (tertiary alicyclic amines) is 1. The number of carbonyl (C=O) groups is 1. The average Bonchev–Trinajstić information content (AvgIpc) is 3.27. The third-order valence-corrected chi connectivity index (χ3v) is 6.88. The lowest BCUT2D eigenvalue weighted by molar-refractivity contribution is 0.141. The normalized spacial score (nSPS) is 17.7. The summed E-state index contributed by atoms with van der Waals surface area (Å²) in [6.45, 7) is 0.566. The lowest BCUT2D eigenvalue weighted by Crippen LogP contribution is -2.36. The van der Waals surface area contributed by atoms with E-state index in [2.05, 4.69) is 9.35 Å². The maximum atomic E-state index is 12.9. The predicted molar refractivity (Wildman–Crippen MR) is 120 cm³/mol. The number of aromatic nitrogens is 1. The number of fused-ring (bicyclic) bond motifs is 1. The molecular weight excluding hydrogens is 432 g/mol. The van der Waals surface area contributed by atoms with Crippen LogP contribution in [-0.2, 0) is 9.92 Å². The van der Waals surface area contributed by atoms with Gasteiger partial charge in [-0.15, -0.1) is 0 Å². The maximum absolute atomic E-state index is 12.9. The molecule has 3 N–H and O–H groups in total. The number of nitrogens with zero attached hydrogens (tertiary/aromatic N) is 3. The van der Waals surface area contributed by atoms with Crippen LogP contribution in [0.25, 0.3) is 10.9 Å². The van der Waals surface area contributed by atoms with Crippen molar-refractivity contribution in [2.75, 3.05) is 20.2 Å². The zero-order valence-corrected chi connectivity index (χ0v) is 18.3. The molecule has 10 heteroatoms. The van der Waals surface area contributed by atoms with Gasteiger partial charge in [0.15, 0.2) is 0 Å². The van der Waals surface area contributed by atoms with Gasteiger partial charge in [0.25, 0.3) is 0 Å². The minimum absolute atomic E-state index is 0.104. The van der Waals surface area contributed by atoms with Crippen molar-refractivity contribution in [1.29, 1.82) is 0 Å². The lowest BCUT2D eigenvalue weighted by Gasteiger charge is -2.19. The minimum Gasteiger partial charge on any atom is -0.497 e. The van der Waals surface area contributed by atoms with E-state index in [0.29, 0.717) is 35.1 Å². The van der Waals surface area contributed by atoms with E-state index in [1.54, 1.807) is 43.6 Å². The van der Waals surface area contributed by atoms with Crippen LogP contribution < -0.4 is 14.6 Å². The van der Waals surface area contributed by atoms with Crippen molar-refractivity contribution in [3.63, 3.8) is 0 Å². The molecule has 0 bridgehead atoms. The third kappa shape index (κ3) is 4.61. The number of pyridine rings is 1. The Morgan fingerprint density at radius 3 is 2.72 bits per heavy atom. The predicted octanol–water partition coefficient (Wildman–Crippen LogP) is 3.88. The van der Waals surface area contributed by atoms with E-state index >= 15 is 0 Å². The van der Waals surface area contributed by atoms with Gasteiger partial charge in [-0.2, -0.15) is 0 Å². The molecule has 1 aromatic heterocycles. The van der Waals surface area contributed by atoms with Gasteiger partial charge in [0.1, 0.15) is 27.2 Å². The van der Waals surface area contributed by atoms with Gasteiger partial charge < -0.3 is 19.5 Å². The molecule has 4 rings (SSSR count). The maximum Gasteiger partial charge on any atom is 0.407 e. The van der Waals surface area contributed by atoms with Crippen LogP contribution in [-0.4, -0.2) is 51.5 Å². The Labute approximate surface area is 186 Å². The zero-order valence-electron chi connectivity index (χ0n) is 17.5. The van der Waals surface area contributed by atoms with Gasteiger partial charge in [0, 0.05) is 24.2 Å². The summed E-state index contributed by atoms with van der Waals surface area (Å²) in [7, 11) is -1.55. The van der Waals surface area contributed by atoms with Crippen LogP contribution in [0.1, 0.15) is 12.8 Å². The first-order valence-corrected chi connectivity index (χ1v) is 11.7. The molecule has 1 unspecified atom stereocenters. The average molecular weight is 457 g/mol. The van der Waals surface area contributed by atoms with Crippen molar-refractivity contribution >= 4 is 26.9 Å². The number of amides is 1. The van der Waals surface area contributed by atoms with Gasteiger partial charge >= 0.3 is 6.09 Å². The van der Waals surface area contributed by atoms with E-state index < -0.39 is 16.0 Å². The van der Waals surface area contributed by atoms with Gasteiger partial charge in [-0.3, -0.25) is 4.98 Å². The molecule has 0 saturated carbocycles. The van der Waals surface area contributed by atoms with Crippen LogP contribution in [0.2, 0.25) is 0 Å². The highest BCUT2D eigenvalue weighted by Gasteiger charge is 2.28. The molecular formula is C22H24N4O5S. The topological polar surface area (TPSA) is 127 Å². The molecule has 3 aromatic rings. The van der Waals surface area contributed by atoms with E-state index in [9.17, 15) is 14.1 Å². The molecule has 2 atom stereocenters. The molecule has 9 nitrogen and oxygen atoms in total.